The van der Waals surface area contributed by atoms with Crippen molar-refractivity contribution in [3.63, 3.8) is 0 Å². The van der Waals surface area contributed by atoms with Crippen LogP contribution in [0.4, 0.5) is 39.8 Å². The minimum Gasteiger partial charge on any atom is -0.398 e. The topological polar surface area (TPSA) is 379 Å². The van der Waals surface area contributed by atoms with Crippen LogP contribution >= 0.6 is 69.9 Å². The first-order valence-electron chi connectivity index (χ1n) is 43.9. The van der Waals surface area contributed by atoms with Gasteiger partial charge in [0.05, 0.1) is 84.7 Å². The third-order valence-electron chi connectivity index (χ3n) is 23.3. The average molecular weight is 1970 g/mol. The number of imidazole rings is 4. The van der Waals surface area contributed by atoms with Crippen molar-refractivity contribution >= 4 is 186 Å². The molecule has 33 nitrogen and oxygen atoms in total. The Bertz CT molecular complexity index is 7190. The number of hydrogen-bond donors (Lipinski definition) is 5. The molecule has 0 amide bonds. The summed E-state index contributed by atoms with van der Waals surface area (Å²) in [5.74, 6) is 3.23. The van der Waals surface area contributed by atoms with E-state index in [2.05, 4.69) is 96.4 Å². The molecule has 6 N–H and O–H groups in total. The molecule has 0 aliphatic carbocycles. The molecule has 4 aromatic carbocycles. The molecule has 134 heavy (non-hydrogen) atoms. The van der Waals surface area contributed by atoms with Gasteiger partial charge in [-0.2, -0.15) is 15.3 Å². The number of hydrazone groups is 1. The zero-order valence-corrected chi connectivity index (χ0v) is 82.5. The molecule has 0 radical (unpaired) electrons. The number of halogens is 4. The van der Waals surface area contributed by atoms with Gasteiger partial charge in [-0.05, 0) is 201 Å². The summed E-state index contributed by atoms with van der Waals surface area (Å²) in [5, 5.41) is 39.2. The largest absolute Gasteiger partial charge is 0.398 e. The number of aliphatic hydroxyl groups is 1. The quantitative estimate of drug-likeness (QED) is 0.0217. The lowest BCUT2D eigenvalue weighted by molar-refractivity contribution is -0.494. The van der Waals surface area contributed by atoms with E-state index in [0.717, 1.165) is 185 Å². The van der Waals surface area contributed by atoms with Gasteiger partial charge in [0, 0.05) is 129 Å². The number of aliphatic hydroxyl groups excluding tert-OH is 1. The number of nitrogen functional groups attached to an aromatic ring is 1. The molecule has 20 rings (SSSR count). The fraction of sp³-hybridized carbons (Fsp3) is 0.366. The summed E-state index contributed by atoms with van der Waals surface area (Å²) in [4.78, 5) is 39.4. The van der Waals surface area contributed by atoms with E-state index in [0.29, 0.717) is 108 Å². The number of benzene rings is 4. The van der Waals surface area contributed by atoms with Crippen LogP contribution in [-0.2, 0) is 66.4 Å². The van der Waals surface area contributed by atoms with Gasteiger partial charge >= 0.3 is 0 Å². The average Bonchev–Trinajstić information content (AvgIpc) is 1.60. The Balaban J connectivity index is 0.000000126. The van der Waals surface area contributed by atoms with Gasteiger partial charge in [0.25, 0.3) is 0 Å². The highest BCUT2D eigenvalue weighted by Gasteiger charge is 2.31. The Morgan fingerprint density at radius 3 is 1.18 bits per heavy atom. The summed E-state index contributed by atoms with van der Waals surface area (Å²) in [5.41, 5.74) is 23.3. The summed E-state index contributed by atoms with van der Waals surface area (Å²) in [6, 6.07) is 35.4. The number of hydrogen-bond acceptors (Lipinski definition) is 27. The van der Waals surface area contributed by atoms with E-state index in [4.69, 9.17) is 86.0 Å². The first-order chi connectivity index (χ1) is 64.3. The van der Waals surface area contributed by atoms with Crippen molar-refractivity contribution in [3.8, 4) is 33.8 Å². The molecule has 41 heteroatoms. The molecule has 4 saturated heterocycles. The van der Waals surface area contributed by atoms with Crippen LogP contribution in [0.1, 0.15) is 143 Å². The minimum atomic E-state index is -3.56. The Labute approximate surface area is 804 Å². The maximum atomic E-state index is 12.7. The molecule has 15 aromatic rings. The lowest BCUT2D eigenvalue weighted by Crippen LogP contribution is -2.19. The standard InChI is InChI=1S/C24H29N6O4S.C23H25ClN6O3S.C23H25ClN6OS.C12H13Cl2N3O.C11H13N3S/c1-15-25-23-20(13-17(14-31)26-24(23)30(15)22-6-4-5-11-34-22)27-19-8-7-16(12-21(19)35(3,32)33)18-9-10-29(2)28-18;1-14-25-22-18(13-20(24)27-23(22)30(14)21-6-4-5-11-33-21)26-17-8-7-15(12-19(17)34(3,31)32)16-9-10-29(2)28-16;1-14-25-22-18(13-20(24)27-23(22)30(14)21-6-4-5-11-31-21)26-17-8-7-15(12-19(17)32-3)16-9-10-29(2)28-16;1-7-15-11-8(13)6-9(14)16-12(11)17(7)10-4-2-3-5-18-10;1-14-6-5-10(13-14)8-3-4-9(12)11(7-8)15-2/h7-8,10,12-13,22,31H,4-6,9,11,14H2,1-3H3,(H,26,27);7-10,12-13,21H,4-6,11H2,1-3H3,(H,26,27);7-10,12-13,21H,4-6,11H2,1-3H3,(H,26,27);6,10H,2-5H2,1H3;3-7H,12H2,1-2H3/q+1;;;;. The van der Waals surface area contributed by atoms with Gasteiger partial charge in [-0.15, -0.1) is 23.5 Å². The molecule has 5 aliphatic rings. The molecule has 16 heterocycles. The van der Waals surface area contributed by atoms with Crippen molar-refractivity contribution in [1.82, 2.24) is 87.5 Å². The molecular formula is C93H105Cl4N24O9S4+. The van der Waals surface area contributed by atoms with Gasteiger partial charge in [0.15, 0.2) is 55.5 Å². The number of anilines is 7. The number of aromatic nitrogens is 18. The SMILES string of the molecule is CSc1cc(-c2ccn(C)n2)ccc1N.CSc1cc(-c2ccn(C)n2)ccc1Nc1cc(Cl)nc2c1nc(C)n2C1CCCCO1.Cc1nc2c(Cl)cc(Cl)nc2n1C1CCCCO1.Cc1nc2c(Nc3ccc(-c4ccn(C)n4)cc3S(C)(=O)=O)cc(Cl)nc2n1C1CCCCO1.Cc1nc2c(Nc3ccc(C4=N[N+](C)=CC4)cc3S(C)(=O)=O)cc(CO)nc2n1C1CCCCO1. The summed E-state index contributed by atoms with van der Waals surface area (Å²) < 4.78 is 89.6. The Morgan fingerprint density at radius 1 is 0.440 bits per heavy atom. The highest BCUT2D eigenvalue weighted by Crippen LogP contribution is 2.43. The highest BCUT2D eigenvalue weighted by molar-refractivity contribution is 7.99. The van der Waals surface area contributed by atoms with Crippen molar-refractivity contribution in [2.75, 3.05) is 80.2 Å². The summed E-state index contributed by atoms with van der Waals surface area (Å²) in [7, 11) is 0.379. The van der Waals surface area contributed by atoms with Crippen LogP contribution < -0.4 is 21.7 Å². The number of nitrogens with one attached hydrogen (secondary N) is 3. The third kappa shape index (κ3) is 21.8. The number of nitrogens with two attached hydrogens (primary N) is 1. The van der Waals surface area contributed by atoms with Crippen molar-refractivity contribution in [2.45, 2.75) is 162 Å². The number of nitrogens with zero attached hydrogens (tertiary/aromatic N) is 20. The van der Waals surface area contributed by atoms with Gasteiger partial charge in [0.2, 0.25) is 0 Å². The van der Waals surface area contributed by atoms with E-state index in [1.807, 2.05) is 154 Å². The first-order valence-corrected chi connectivity index (χ1v) is 51.6. The van der Waals surface area contributed by atoms with Gasteiger partial charge in [-0.1, -0.05) is 75.4 Å². The molecule has 0 spiro atoms. The van der Waals surface area contributed by atoms with E-state index in [1.165, 1.54) is 12.5 Å². The second-order valence-corrected chi connectivity index (χ2v) is 40.4. The van der Waals surface area contributed by atoms with Crippen LogP contribution in [0.25, 0.3) is 78.4 Å². The fourth-order valence-corrected chi connectivity index (χ4v) is 20.6. The van der Waals surface area contributed by atoms with Crippen molar-refractivity contribution < 1.29 is 45.6 Å². The Kier molecular flexibility index (Phi) is 30.0. The number of ether oxygens (including phenoxy) is 4. The maximum absolute atomic E-state index is 12.7. The molecule has 4 atom stereocenters. The minimum absolute atomic E-state index is 0.00853. The van der Waals surface area contributed by atoms with Crippen molar-refractivity contribution in [3.05, 3.63) is 189 Å². The van der Waals surface area contributed by atoms with Gasteiger partial charge in [-0.25, -0.2) is 56.7 Å². The number of aryl methyl sites for hydroxylation is 7. The Morgan fingerprint density at radius 2 is 0.799 bits per heavy atom. The first kappa shape index (κ1) is 96.2. The molecule has 0 saturated carbocycles. The molecular weight excluding hydrogens is 1870 g/mol. The van der Waals surface area contributed by atoms with Gasteiger partial charge in [0.1, 0.15) is 91.4 Å². The van der Waals surface area contributed by atoms with Crippen LogP contribution in [0.5, 0.6) is 0 Å². The molecule has 5 aliphatic heterocycles. The predicted molar refractivity (Wildman–Crippen MR) is 530 cm³/mol. The van der Waals surface area contributed by atoms with Crippen molar-refractivity contribution in [2.24, 2.45) is 26.2 Å². The normalized spacial score (nSPS) is 17.0. The summed E-state index contributed by atoms with van der Waals surface area (Å²) in [6.45, 7) is 10.4. The molecule has 11 aromatic heterocycles. The highest BCUT2D eigenvalue weighted by atomic mass is 35.5. The summed E-state index contributed by atoms with van der Waals surface area (Å²) >= 11 is 28.3. The summed E-state index contributed by atoms with van der Waals surface area (Å²) in [6.07, 6.45) is 26.7. The van der Waals surface area contributed by atoms with Crippen LogP contribution in [0.15, 0.2) is 159 Å². The van der Waals surface area contributed by atoms with E-state index < -0.39 is 19.7 Å². The number of sulfone groups is 2. The van der Waals surface area contributed by atoms with E-state index >= 15 is 0 Å². The second-order valence-electron chi connectivity index (χ2n) is 33.2. The number of fused-ring (bicyclic) bond motifs is 4. The lowest BCUT2D eigenvalue weighted by atomic mass is 10.1. The molecule has 4 unspecified atom stereocenters. The van der Waals surface area contributed by atoms with E-state index in [1.54, 1.807) is 80.0 Å². The van der Waals surface area contributed by atoms with Crippen LogP contribution in [0.3, 0.4) is 0 Å². The fourth-order valence-electron chi connectivity index (χ4n) is 16.9. The number of thioether (sulfide) groups is 2. The second kappa shape index (κ2) is 41.7. The molecule has 0 bridgehead atoms. The zero-order valence-electron chi connectivity index (χ0n) is 76.2. The van der Waals surface area contributed by atoms with E-state index in [-0.39, 0.29) is 46.5 Å². The molecule has 4 fully saturated rings. The third-order valence-corrected chi connectivity index (χ3v) is 28.1. The number of rotatable bonds is 19. The monoisotopic (exact) mass is 1970 g/mol. The maximum Gasteiger partial charge on any atom is 0.178 e. The smallest absolute Gasteiger partial charge is 0.178 e. The van der Waals surface area contributed by atoms with E-state index in [9.17, 15) is 21.9 Å². The Hall–Kier alpha value is -10.9. The number of pyridine rings is 4. The zero-order chi connectivity index (χ0) is 94.6. The van der Waals surface area contributed by atoms with Crippen LogP contribution in [-0.4, -0.2) is 185 Å². The van der Waals surface area contributed by atoms with Crippen LogP contribution in [0.2, 0.25) is 20.5 Å². The lowest BCUT2D eigenvalue weighted by Gasteiger charge is -2.25. The van der Waals surface area contributed by atoms with Gasteiger partial charge < -0.3 is 45.7 Å². The molecule has 702 valence electrons. The van der Waals surface area contributed by atoms with Crippen LogP contribution in [0, 0.1) is 27.7 Å². The van der Waals surface area contributed by atoms with Crippen molar-refractivity contribution in [1.29, 1.82) is 0 Å². The predicted octanol–water partition coefficient (Wildman–Crippen LogP) is 19.6. The van der Waals surface area contributed by atoms with Gasteiger partial charge in [-0.3, -0.25) is 32.3 Å².